The van der Waals surface area contributed by atoms with Gasteiger partial charge >= 0.3 is 0 Å². The third kappa shape index (κ3) is 2.61. The van der Waals surface area contributed by atoms with Crippen LogP contribution in [0.5, 0.6) is 5.75 Å². The third-order valence-corrected chi connectivity index (χ3v) is 3.38. The minimum Gasteiger partial charge on any atom is -0.497 e. The van der Waals surface area contributed by atoms with Crippen LogP contribution in [0.4, 0.5) is 11.4 Å². The molecule has 0 amide bonds. The summed E-state index contributed by atoms with van der Waals surface area (Å²) in [6.07, 6.45) is 1.71. The number of hydrogen-bond acceptors (Lipinski definition) is 4. The van der Waals surface area contributed by atoms with E-state index in [1.165, 1.54) is 6.92 Å². The molecule has 0 N–H and O–H groups in total. The molecule has 5 nitrogen and oxygen atoms in total. The molecule has 22 heavy (non-hydrogen) atoms. The average molecular weight is 293 g/mol. The van der Waals surface area contributed by atoms with Gasteiger partial charge in [-0.2, -0.15) is 5.11 Å². The number of carbonyl (C=O) groups excluding carboxylic acids is 1. The van der Waals surface area contributed by atoms with Crippen LogP contribution in [-0.4, -0.2) is 17.6 Å². The van der Waals surface area contributed by atoms with E-state index in [1.807, 2.05) is 48.5 Å². The van der Waals surface area contributed by atoms with Crippen molar-refractivity contribution in [3.8, 4) is 5.75 Å². The summed E-state index contributed by atoms with van der Waals surface area (Å²) in [7, 11) is 1.62. The predicted molar refractivity (Wildman–Crippen MR) is 85.4 cm³/mol. The second kappa shape index (κ2) is 5.81. The first-order valence-corrected chi connectivity index (χ1v) is 6.86. The van der Waals surface area contributed by atoms with Crippen molar-refractivity contribution in [3.05, 3.63) is 54.7 Å². The van der Waals surface area contributed by atoms with Crippen LogP contribution in [0.2, 0.25) is 0 Å². The van der Waals surface area contributed by atoms with Crippen LogP contribution in [0.1, 0.15) is 11.7 Å². The van der Waals surface area contributed by atoms with Crippen molar-refractivity contribution in [2.45, 2.75) is 6.92 Å². The standard InChI is InChI=1S/C17H15N3O2/c1-12(21)20-11-16(15-5-3-4-6-17(15)20)19-18-13-7-9-14(22-2)10-8-13/h3-11H,1-2H3. The van der Waals surface area contributed by atoms with Crippen molar-refractivity contribution >= 4 is 28.2 Å². The quantitative estimate of drug-likeness (QED) is 0.656. The van der Waals surface area contributed by atoms with Crippen molar-refractivity contribution in [3.63, 3.8) is 0 Å². The molecule has 1 heterocycles. The number of para-hydroxylation sites is 1. The SMILES string of the molecule is COc1ccc(N=Nc2cn(C(C)=O)c3ccccc23)cc1. The lowest BCUT2D eigenvalue weighted by atomic mass is 10.2. The summed E-state index contributed by atoms with van der Waals surface area (Å²) < 4.78 is 6.69. The molecule has 0 aliphatic heterocycles. The van der Waals surface area contributed by atoms with Crippen molar-refractivity contribution in [1.82, 2.24) is 4.57 Å². The van der Waals surface area contributed by atoms with E-state index in [0.717, 1.165) is 22.3 Å². The van der Waals surface area contributed by atoms with Crippen LogP contribution in [0, 0.1) is 0 Å². The number of methoxy groups -OCH3 is 1. The fourth-order valence-corrected chi connectivity index (χ4v) is 2.26. The molecule has 3 aromatic rings. The van der Waals surface area contributed by atoms with Gasteiger partial charge in [-0.1, -0.05) is 18.2 Å². The zero-order chi connectivity index (χ0) is 15.5. The van der Waals surface area contributed by atoms with Gasteiger partial charge in [0.2, 0.25) is 5.91 Å². The monoisotopic (exact) mass is 293 g/mol. The second-order valence-corrected chi connectivity index (χ2v) is 4.82. The van der Waals surface area contributed by atoms with Crippen LogP contribution in [0.15, 0.2) is 65.0 Å². The predicted octanol–water partition coefficient (Wildman–Crippen LogP) is 4.73. The largest absolute Gasteiger partial charge is 0.497 e. The lowest BCUT2D eigenvalue weighted by Crippen LogP contribution is -2.02. The fourth-order valence-electron chi connectivity index (χ4n) is 2.26. The van der Waals surface area contributed by atoms with Crippen LogP contribution in [0.3, 0.4) is 0 Å². The van der Waals surface area contributed by atoms with Gasteiger partial charge in [0.15, 0.2) is 0 Å². The molecule has 0 bridgehead atoms. The van der Waals surface area contributed by atoms with Gasteiger partial charge in [-0.15, -0.1) is 5.11 Å². The van der Waals surface area contributed by atoms with E-state index in [9.17, 15) is 4.79 Å². The first-order valence-electron chi connectivity index (χ1n) is 6.86. The van der Waals surface area contributed by atoms with Gasteiger partial charge in [0, 0.05) is 18.5 Å². The maximum absolute atomic E-state index is 11.7. The Morgan fingerprint density at radius 3 is 2.45 bits per heavy atom. The summed E-state index contributed by atoms with van der Waals surface area (Å²) in [4.78, 5) is 11.7. The van der Waals surface area contributed by atoms with Crippen LogP contribution in [0.25, 0.3) is 10.9 Å². The number of aromatic nitrogens is 1. The molecule has 0 aliphatic carbocycles. The van der Waals surface area contributed by atoms with E-state index in [0.29, 0.717) is 5.69 Å². The summed E-state index contributed by atoms with van der Waals surface area (Å²) in [5, 5.41) is 9.39. The number of carbonyl (C=O) groups is 1. The van der Waals surface area contributed by atoms with E-state index in [2.05, 4.69) is 10.2 Å². The van der Waals surface area contributed by atoms with E-state index >= 15 is 0 Å². The number of nitrogens with zero attached hydrogens (tertiary/aromatic N) is 3. The molecule has 0 saturated heterocycles. The molecule has 2 aromatic carbocycles. The molecule has 1 aromatic heterocycles. The van der Waals surface area contributed by atoms with Gasteiger partial charge in [-0.05, 0) is 30.3 Å². The van der Waals surface area contributed by atoms with Gasteiger partial charge in [0.25, 0.3) is 0 Å². The normalized spacial score (nSPS) is 11.2. The highest BCUT2D eigenvalue weighted by atomic mass is 16.5. The summed E-state index contributed by atoms with van der Waals surface area (Å²) >= 11 is 0. The van der Waals surface area contributed by atoms with Gasteiger partial charge < -0.3 is 4.74 Å². The third-order valence-electron chi connectivity index (χ3n) is 3.38. The summed E-state index contributed by atoms with van der Waals surface area (Å²) in [5.74, 6) is 0.717. The minimum absolute atomic E-state index is 0.0536. The van der Waals surface area contributed by atoms with E-state index in [-0.39, 0.29) is 5.91 Å². The van der Waals surface area contributed by atoms with Crippen LogP contribution in [-0.2, 0) is 0 Å². The molecule has 0 atom stereocenters. The Kier molecular flexibility index (Phi) is 3.70. The maximum Gasteiger partial charge on any atom is 0.228 e. The highest BCUT2D eigenvalue weighted by molar-refractivity contribution is 5.98. The Hall–Kier alpha value is -2.95. The van der Waals surface area contributed by atoms with Crippen molar-refractivity contribution in [1.29, 1.82) is 0 Å². The minimum atomic E-state index is -0.0536. The zero-order valence-corrected chi connectivity index (χ0v) is 12.4. The van der Waals surface area contributed by atoms with Crippen molar-refractivity contribution in [2.24, 2.45) is 10.2 Å². The summed E-state index contributed by atoms with van der Waals surface area (Å²) in [6, 6.07) is 14.9. The Balaban J connectivity index is 1.99. The number of fused-ring (bicyclic) bond motifs is 1. The lowest BCUT2D eigenvalue weighted by Gasteiger charge is -1.97. The van der Waals surface area contributed by atoms with Crippen LogP contribution >= 0.6 is 0 Å². The highest BCUT2D eigenvalue weighted by Gasteiger charge is 2.09. The number of azo groups is 1. The highest BCUT2D eigenvalue weighted by Crippen LogP contribution is 2.30. The fraction of sp³-hybridized carbons (Fsp3) is 0.118. The molecule has 0 radical (unpaired) electrons. The van der Waals surface area contributed by atoms with Crippen molar-refractivity contribution in [2.75, 3.05) is 7.11 Å². The van der Waals surface area contributed by atoms with E-state index in [1.54, 1.807) is 17.9 Å². The van der Waals surface area contributed by atoms with Gasteiger partial charge in [-0.25, -0.2) is 0 Å². The molecule has 110 valence electrons. The number of ether oxygens (including phenoxy) is 1. The first-order chi connectivity index (χ1) is 10.7. The smallest absolute Gasteiger partial charge is 0.228 e. The summed E-state index contributed by atoms with van der Waals surface area (Å²) in [6.45, 7) is 1.52. The lowest BCUT2D eigenvalue weighted by molar-refractivity contribution is 0.0941. The Labute approximate surface area is 127 Å². The number of hydrogen-bond donors (Lipinski definition) is 0. The molecule has 0 saturated carbocycles. The zero-order valence-electron chi connectivity index (χ0n) is 12.4. The van der Waals surface area contributed by atoms with E-state index in [4.69, 9.17) is 4.74 Å². The molecule has 0 aliphatic rings. The Morgan fingerprint density at radius 1 is 1.05 bits per heavy atom. The van der Waals surface area contributed by atoms with Gasteiger partial charge in [-0.3, -0.25) is 9.36 Å². The van der Waals surface area contributed by atoms with Crippen molar-refractivity contribution < 1.29 is 9.53 Å². The molecule has 5 heteroatoms. The molecule has 3 rings (SSSR count). The maximum atomic E-state index is 11.7. The summed E-state index contributed by atoms with van der Waals surface area (Å²) in [5.41, 5.74) is 2.22. The molecular formula is C17H15N3O2. The number of rotatable bonds is 3. The Morgan fingerprint density at radius 2 is 1.77 bits per heavy atom. The number of benzene rings is 2. The molecule has 0 fully saturated rings. The first kappa shape index (κ1) is 14.0. The molecular weight excluding hydrogens is 278 g/mol. The van der Waals surface area contributed by atoms with Crippen LogP contribution < -0.4 is 4.74 Å². The Bertz CT molecular complexity index is 848. The van der Waals surface area contributed by atoms with E-state index < -0.39 is 0 Å². The molecule has 0 unspecified atom stereocenters. The second-order valence-electron chi connectivity index (χ2n) is 4.82. The average Bonchev–Trinajstić information content (AvgIpc) is 2.92. The topological polar surface area (TPSA) is 56.0 Å². The molecule has 0 spiro atoms. The van der Waals surface area contributed by atoms with Gasteiger partial charge in [0.05, 0.1) is 18.3 Å². The van der Waals surface area contributed by atoms with Gasteiger partial charge in [0.1, 0.15) is 11.4 Å².